The van der Waals surface area contributed by atoms with E-state index in [9.17, 15) is 5.11 Å². The van der Waals surface area contributed by atoms with Crippen molar-refractivity contribution in [3.8, 4) is 0 Å². The maximum Gasteiger partial charge on any atom is 0.104 e. The van der Waals surface area contributed by atoms with Crippen molar-refractivity contribution in [2.45, 2.75) is 50.2 Å². The van der Waals surface area contributed by atoms with Crippen LogP contribution in [0, 0.1) is 11.8 Å². The van der Waals surface area contributed by atoms with Gasteiger partial charge >= 0.3 is 0 Å². The van der Waals surface area contributed by atoms with Gasteiger partial charge in [-0.1, -0.05) is 0 Å². The average molecular weight is 270 g/mol. The van der Waals surface area contributed by atoms with Gasteiger partial charge < -0.3 is 19.3 Å². The summed E-state index contributed by atoms with van der Waals surface area (Å²) in [6.07, 6.45) is 7.22. The molecule has 3 fully saturated rings. The third-order valence-electron chi connectivity index (χ3n) is 4.58. The molecule has 3 rings (SSSR count). The van der Waals surface area contributed by atoms with Crippen molar-refractivity contribution in [1.82, 2.24) is 0 Å². The molecule has 2 aliphatic carbocycles. The number of hydrogen-bond acceptors (Lipinski definition) is 4. The van der Waals surface area contributed by atoms with E-state index in [4.69, 9.17) is 14.2 Å². The van der Waals surface area contributed by atoms with Gasteiger partial charge in [-0.15, -0.1) is 0 Å². The van der Waals surface area contributed by atoms with Crippen LogP contribution in [0.3, 0.4) is 0 Å². The van der Waals surface area contributed by atoms with Crippen molar-refractivity contribution in [1.29, 1.82) is 0 Å². The van der Waals surface area contributed by atoms with Crippen LogP contribution >= 0.6 is 0 Å². The summed E-state index contributed by atoms with van der Waals surface area (Å²) in [6.45, 7) is 3.93. The van der Waals surface area contributed by atoms with E-state index < -0.39 is 5.60 Å². The first-order chi connectivity index (χ1) is 9.23. The first-order valence-electron chi connectivity index (χ1n) is 7.73. The number of hydrogen-bond donors (Lipinski definition) is 1. The molecule has 1 saturated heterocycles. The topological polar surface area (TPSA) is 51.2 Å². The average Bonchev–Trinajstić information content (AvgIpc) is 3.31. The predicted molar refractivity (Wildman–Crippen MR) is 71.0 cm³/mol. The molecular weight excluding hydrogens is 244 g/mol. The normalized spacial score (nSPS) is 36.2. The molecule has 0 radical (unpaired) electrons. The first-order valence-corrected chi connectivity index (χ1v) is 7.73. The van der Waals surface area contributed by atoms with Crippen molar-refractivity contribution in [3.63, 3.8) is 0 Å². The lowest BCUT2D eigenvalue weighted by Gasteiger charge is -2.28. The Morgan fingerprint density at radius 1 is 0.947 bits per heavy atom. The van der Waals surface area contributed by atoms with E-state index in [1.165, 1.54) is 25.7 Å². The molecule has 2 saturated carbocycles. The second kappa shape index (κ2) is 6.08. The number of epoxide rings is 1. The zero-order valence-electron chi connectivity index (χ0n) is 11.7. The van der Waals surface area contributed by atoms with E-state index in [1.807, 2.05) is 0 Å². The highest BCUT2D eigenvalue weighted by atomic mass is 16.6. The molecule has 4 heteroatoms. The van der Waals surface area contributed by atoms with Crippen LogP contribution < -0.4 is 0 Å². The summed E-state index contributed by atoms with van der Waals surface area (Å²) in [5.41, 5.74) is -0.462. The van der Waals surface area contributed by atoms with Gasteiger partial charge in [-0.2, -0.15) is 0 Å². The molecule has 19 heavy (non-hydrogen) atoms. The van der Waals surface area contributed by atoms with E-state index in [1.54, 1.807) is 0 Å². The van der Waals surface area contributed by atoms with Gasteiger partial charge in [-0.3, -0.25) is 0 Å². The summed E-state index contributed by atoms with van der Waals surface area (Å²) in [5, 5.41) is 9.70. The minimum Gasteiger partial charge on any atom is -0.387 e. The van der Waals surface area contributed by atoms with E-state index in [-0.39, 0.29) is 0 Å². The standard InChI is InChI=1S/C15H26O4/c16-15(5-6-15)11-18-8-13-3-1-12(2-4-13)7-17-9-14-10-19-14/h12-14,16H,1-11H2. The smallest absolute Gasteiger partial charge is 0.104 e. The fourth-order valence-corrected chi connectivity index (χ4v) is 2.80. The lowest BCUT2D eigenvalue weighted by atomic mass is 9.83. The Labute approximate surface area is 115 Å². The van der Waals surface area contributed by atoms with Gasteiger partial charge in [0.15, 0.2) is 0 Å². The molecule has 0 bridgehead atoms. The molecule has 1 heterocycles. The zero-order chi connectivity index (χ0) is 13.1. The fourth-order valence-electron chi connectivity index (χ4n) is 2.80. The summed E-state index contributed by atoms with van der Waals surface area (Å²) in [4.78, 5) is 0. The van der Waals surface area contributed by atoms with Crippen molar-refractivity contribution >= 4 is 0 Å². The van der Waals surface area contributed by atoms with Crippen LogP contribution in [-0.4, -0.2) is 49.8 Å². The van der Waals surface area contributed by atoms with Gasteiger partial charge in [0, 0.05) is 13.2 Å². The van der Waals surface area contributed by atoms with E-state index in [2.05, 4.69) is 0 Å². The van der Waals surface area contributed by atoms with Gasteiger partial charge in [-0.25, -0.2) is 0 Å². The minimum atomic E-state index is -0.462. The van der Waals surface area contributed by atoms with Crippen LogP contribution in [0.5, 0.6) is 0 Å². The van der Waals surface area contributed by atoms with E-state index in [0.29, 0.717) is 18.6 Å². The lowest BCUT2D eigenvalue weighted by molar-refractivity contribution is -0.00429. The summed E-state index contributed by atoms with van der Waals surface area (Å²) >= 11 is 0. The van der Waals surface area contributed by atoms with Gasteiger partial charge in [0.25, 0.3) is 0 Å². The Hall–Kier alpha value is -0.160. The van der Waals surface area contributed by atoms with Crippen LogP contribution in [-0.2, 0) is 14.2 Å². The Morgan fingerprint density at radius 3 is 2.05 bits per heavy atom. The first kappa shape index (κ1) is 13.8. The number of rotatable bonds is 8. The van der Waals surface area contributed by atoms with Crippen molar-refractivity contribution in [3.05, 3.63) is 0 Å². The minimum absolute atomic E-state index is 0.387. The third kappa shape index (κ3) is 4.71. The SMILES string of the molecule is OC1(COCC2CCC(COCC3CO3)CC2)CC1. The van der Waals surface area contributed by atoms with Gasteiger partial charge in [-0.05, 0) is 50.4 Å². The Balaban J connectivity index is 1.22. The van der Waals surface area contributed by atoms with E-state index >= 15 is 0 Å². The molecule has 1 aliphatic heterocycles. The Kier molecular flexibility index (Phi) is 4.42. The molecule has 1 atom stereocenters. The third-order valence-corrected chi connectivity index (χ3v) is 4.58. The molecule has 110 valence electrons. The summed E-state index contributed by atoms with van der Waals surface area (Å²) in [6, 6.07) is 0. The highest BCUT2D eigenvalue weighted by Gasteiger charge is 2.40. The molecule has 1 N–H and O–H groups in total. The second-order valence-corrected chi connectivity index (χ2v) is 6.62. The fraction of sp³-hybridized carbons (Fsp3) is 1.00. The van der Waals surface area contributed by atoms with Crippen LogP contribution in [0.15, 0.2) is 0 Å². The van der Waals surface area contributed by atoms with Gasteiger partial charge in [0.2, 0.25) is 0 Å². The molecule has 0 aromatic rings. The Morgan fingerprint density at radius 2 is 1.53 bits per heavy atom. The van der Waals surface area contributed by atoms with Crippen LogP contribution in [0.1, 0.15) is 38.5 Å². The molecule has 0 aromatic carbocycles. The molecule has 0 amide bonds. The predicted octanol–water partition coefficient (Wildman–Crippen LogP) is 1.75. The quantitative estimate of drug-likeness (QED) is 0.683. The molecule has 0 spiro atoms. The van der Waals surface area contributed by atoms with E-state index in [0.717, 1.165) is 45.2 Å². The van der Waals surface area contributed by atoms with Crippen LogP contribution in [0.25, 0.3) is 0 Å². The second-order valence-electron chi connectivity index (χ2n) is 6.62. The molecule has 0 aromatic heterocycles. The van der Waals surface area contributed by atoms with Crippen LogP contribution in [0.2, 0.25) is 0 Å². The summed E-state index contributed by atoms with van der Waals surface area (Å²) in [5.74, 6) is 1.41. The maximum atomic E-state index is 9.70. The zero-order valence-corrected chi connectivity index (χ0v) is 11.7. The highest BCUT2D eigenvalue weighted by molar-refractivity contribution is 4.93. The summed E-state index contributed by atoms with van der Waals surface area (Å²) in [7, 11) is 0. The van der Waals surface area contributed by atoms with Crippen molar-refractivity contribution in [2.75, 3.05) is 33.0 Å². The van der Waals surface area contributed by atoms with Gasteiger partial charge in [0.05, 0.1) is 25.4 Å². The highest BCUT2D eigenvalue weighted by Crippen LogP contribution is 2.36. The summed E-state index contributed by atoms with van der Waals surface area (Å²) < 4.78 is 16.5. The number of aliphatic hydroxyl groups is 1. The Bertz CT molecular complexity index is 278. The largest absolute Gasteiger partial charge is 0.387 e. The molecule has 1 unspecified atom stereocenters. The molecular formula is C15H26O4. The van der Waals surface area contributed by atoms with Crippen molar-refractivity contribution < 1.29 is 19.3 Å². The van der Waals surface area contributed by atoms with Gasteiger partial charge in [0.1, 0.15) is 6.10 Å². The molecule has 4 nitrogen and oxygen atoms in total. The lowest BCUT2D eigenvalue weighted by Crippen LogP contribution is -2.24. The van der Waals surface area contributed by atoms with Crippen LogP contribution in [0.4, 0.5) is 0 Å². The maximum absolute atomic E-state index is 9.70. The monoisotopic (exact) mass is 270 g/mol. The number of ether oxygens (including phenoxy) is 3. The molecule has 3 aliphatic rings. The van der Waals surface area contributed by atoms with Crippen molar-refractivity contribution in [2.24, 2.45) is 11.8 Å².